The first-order chi connectivity index (χ1) is 7.74. The van der Waals surface area contributed by atoms with E-state index in [1.165, 1.54) is 19.6 Å². The third-order valence-corrected chi connectivity index (χ3v) is 1.62. The lowest BCUT2D eigenvalue weighted by atomic mass is 10.2. The van der Waals surface area contributed by atoms with Gasteiger partial charge in [0.15, 0.2) is 0 Å². The molecule has 0 aromatic heterocycles. The smallest absolute Gasteiger partial charge is 0.330 e. The molecule has 0 spiro atoms. The van der Waals surface area contributed by atoms with E-state index in [0.717, 1.165) is 12.0 Å². The van der Waals surface area contributed by atoms with Crippen LogP contribution >= 0.6 is 0 Å². The predicted octanol–water partition coefficient (Wildman–Crippen LogP) is 3.57. The van der Waals surface area contributed by atoms with E-state index in [1.54, 1.807) is 6.08 Å². The van der Waals surface area contributed by atoms with Crippen molar-refractivity contribution in [2.75, 3.05) is 7.11 Å². The molecule has 0 atom stereocenters. The highest BCUT2D eigenvalue weighted by Gasteiger charge is 1.92. The van der Waals surface area contributed by atoms with E-state index < -0.39 is 0 Å². The van der Waals surface area contributed by atoms with Gasteiger partial charge in [0.2, 0.25) is 0 Å². The Kier molecular flexibility index (Phi) is 8.99. The fraction of sp³-hybridized carbons (Fsp3) is 0.357. The molecule has 88 valence electrons. The van der Waals surface area contributed by atoms with Gasteiger partial charge in [-0.1, -0.05) is 50.6 Å². The highest BCUT2D eigenvalue weighted by atomic mass is 16.5. The molecule has 0 aliphatic heterocycles. The normalized spacial score (nSPS) is 13.8. The lowest BCUT2D eigenvalue weighted by molar-refractivity contribution is -0.134. The van der Waals surface area contributed by atoms with Gasteiger partial charge in [-0.3, -0.25) is 0 Å². The summed E-state index contributed by atoms with van der Waals surface area (Å²) in [6.07, 6.45) is 15.3. The van der Waals surface area contributed by atoms with Crippen molar-refractivity contribution in [2.24, 2.45) is 0 Å². The van der Waals surface area contributed by atoms with Gasteiger partial charge in [-0.15, -0.1) is 0 Å². The minimum atomic E-state index is -0.331. The summed E-state index contributed by atoms with van der Waals surface area (Å²) >= 11 is 0. The van der Waals surface area contributed by atoms with Crippen molar-refractivity contribution in [3.8, 4) is 0 Å². The zero-order valence-corrected chi connectivity index (χ0v) is 10.3. The summed E-state index contributed by atoms with van der Waals surface area (Å²) in [5.41, 5.74) is 0.999. The topological polar surface area (TPSA) is 26.3 Å². The number of carbonyl (C=O) groups is 1. The Hall–Kier alpha value is -1.57. The van der Waals surface area contributed by atoms with Crippen LogP contribution in [0.3, 0.4) is 0 Å². The van der Waals surface area contributed by atoms with Crippen molar-refractivity contribution >= 4 is 5.97 Å². The van der Waals surface area contributed by atoms with E-state index in [2.05, 4.69) is 24.7 Å². The van der Waals surface area contributed by atoms with Crippen LogP contribution in [0, 0.1) is 0 Å². The fourth-order valence-corrected chi connectivity index (χ4v) is 0.939. The highest BCUT2D eigenvalue weighted by Crippen LogP contribution is 2.05. The molecule has 0 saturated carbocycles. The van der Waals surface area contributed by atoms with E-state index in [-0.39, 0.29) is 5.97 Å². The molecule has 0 saturated heterocycles. The number of carbonyl (C=O) groups excluding carboxylic acids is 1. The summed E-state index contributed by atoms with van der Waals surface area (Å²) in [6, 6.07) is 0. The summed E-state index contributed by atoms with van der Waals surface area (Å²) in [4.78, 5) is 10.8. The summed E-state index contributed by atoms with van der Waals surface area (Å²) in [7, 11) is 1.36. The zero-order valence-electron chi connectivity index (χ0n) is 10.3. The molecule has 2 nitrogen and oxygen atoms in total. The number of allylic oxidation sites excluding steroid dienone is 7. The molecule has 0 fully saturated rings. The van der Waals surface area contributed by atoms with Crippen molar-refractivity contribution in [3.05, 3.63) is 48.1 Å². The van der Waals surface area contributed by atoms with Crippen molar-refractivity contribution < 1.29 is 9.53 Å². The lowest BCUT2D eigenvalue weighted by Gasteiger charge is -1.91. The minimum Gasteiger partial charge on any atom is -0.466 e. The molecule has 0 aromatic rings. The molecule has 16 heavy (non-hydrogen) atoms. The molecule has 0 aromatic carbocycles. The molecule has 1 aliphatic rings. The third kappa shape index (κ3) is 7.80. The van der Waals surface area contributed by atoms with Crippen LogP contribution in [0.15, 0.2) is 48.1 Å². The van der Waals surface area contributed by atoms with Crippen molar-refractivity contribution in [3.63, 3.8) is 0 Å². The lowest BCUT2D eigenvalue weighted by Crippen LogP contribution is -1.93. The first-order valence-corrected chi connectivity index (χ1v) is 5.54. The average Bonchev–Trinajstić information content (AvgIpc) is 2.55. The van der Waals surface area contributed by atoms with E-state index in [4.69, 9.17) is 0 Å². The second-order valence-corrected chi connectivity index (χ2v) is 3.30. The van der Waals surface area contributed by atoms with Crippen molar-refractivity contribution in [2.45, 2.75) is 26.7 Å². The Morgan fingerprint density at radius 1 is 1.44 bits per heavy atom. The largest absolute Gasteiger partial charge is 0.466 e. The van der Waals surface area contributed by atoms with Gasteiger partial charge in [0.05, 0.1) is 7.11 Å². The third-order valence-electron chi connectivity index (χ3n) is 1.62. The van der Waals surface area contributed by atoms with E-state index in [1.807, 2.05) is 24.3 Å². The van der Waals surface area contributed by atoms with Gasteiger partial charge < -0.3 is 4.74 Å². The molecule has 0 bridgehead atoms. The maximum Gasteiger partial charge on any atom is 0.330 e. The van der Waals surface area contributed by atoms with Gasteiger partial charge in [0.1, 0.15) is 0 Å². The van der Waals surface area contributed by atoms with Crippen LogP contribution in [0.1, 0.15) is 26.7 Å². The number of hydrogen-bond donors (Lipinski definition) is 0. The van der Waals surface area contributed by atoms with Gasteiger partial charge in [-0.2, -0.15) is 0 Å². The summed E-state index contributed by atoms with van der Waals surface area (Å²) in [6.45, 7) is 4.25. The van der Waals surface area contributed by atoms with Gasteiger partial charge in [-0.25, -0.2) is 4.79 Å². The van der Waals surface area contributed by atoms with Gasteiger partial charge in [-0.05, 0) is 18.1 Å². The second kappa shape index (κ2) is 9.97. The van der Waals surface area contributed by atoms with Gasteiger partial charge >= 0.3 is 5.97 Å². The Balaban J connectivity index is 0.000000673. The summed E-state index contributed by atoms with van der Waals surface area (Å²) in [5, 5.41) is 0. The van der Waals surface area contributed by atoms with Crippen LogP contribution in [-0.2, 0) is 9.53 Å². The SMILES string of the molecule is CCC.COC(=O)/C=C/C1=CC=CCC=C1. The molecule has 1 rings (SSSR count). The second-order valence-electron chi connectivity index (χ2n) is 3.30. The van der Waals surface area contributed by atoms with E-state index in [0.29, 0.717) is 0 Å². The van der Waals surface area contributed by atoms with Gasteiger partial charge in [0, 0.05) is 6.08 Å². The standard InChI is InChI=1S/C11H12O2.C3H8/c1-13-11(12)9-8-10-6-4-2-3-5-7-10;1-3-2/h2,4-9H,3H2,1H3;3H2,1-2H3/b9-8+;. The molecular weight excluding hydrogens is 200 g/mol. The molecular formula is C14H20O2. The molecule has 0 heterocycles. The van der Waals surface area contributed by atoms with Crippen molar-refractivity contribution in [1.29, 1.82) is 0 Å². The Bertz CT molecular complexity index is 307. The Labute approximate surface area is 98.0 Å². The van der Waals surface area contributed by atoms with Crippen LogP contribution in [0.5, 0.6) is 0 Å². The predicted molar refractivity (Wildman–Crippen MR) is 68.1 cm³/mol. The van der Waals surface area contributed by atoms with Crippen LogP contribution in [-0.4, -0.2) is 13.1 Å². The minimum absolute atomic E-state index is 0.331. The molecule has 1 aliphatic carbocycles. The van der Waals surface area contributed by atoms with Crippen molar-refractivity contribution in [1.82, 2.24) is 0 Å². The molecule has 2 heteroatoms. The zero-order chi connectivity index (χ0) is 12.2. The van der Waals surface area contributed by atoms with Crippen LogP contribution in [0.4, 0.5) is 0 Å². The number of methoxy groups -OCH3 is 1. The Morgan fingerprint density at radius 2 is 2.12 bits per heavy atom. The fourth-order valence-electron chi connectivity index (χ4n) is 0.939. The molecule has 0 radical (unpaired) electrons. The monoisotopic (exact) mass is 220 g/mol. The quantitative estimate of drug-likeness (QED) is 0.525. The van der Waals surface area contributed by atoms with E-state index >= 15 is 0 Å². The number of esters is 1. The summed E-state index contributed by atoms with van der Waals surface area (Å²) in [5.74, 6) is -0.331. The Morgan fingerprint density at radius 3 is 2.75 bits per heavy atom. The van der Waals surface area contributed by atoms with E-state index in [9.17, 15) is 4.79 Å². The number of rotatable bonds is 2. The first-order valence-electron chi connectivity index (χ1n) is 5.54. The maximum absolute atomic E-state index is 10.8. The first kappa shape index (κ1) is 14.4. The van der Waals surface area contributed by atoms with Gasteiger partial charge in [0.25, 0.3) is 0 Å². The average molecular weight is 220 g/mol. The molecule has 0 unspecified atom stereocenters. The number of hydrogen-bond acceptors (Lipinski definition) is 2. The summed E-state index contributed by atoms with van der Waals surface area (Å²) < 4.78 is 4.48. The van der Waals surface area contributed by atoms with Crippen LogP contribution < -0.4 is 0 Å². The molecule has 0 N–H and O–H groups in total. The molecule has 0 amide bonds. The highest BCUT2D eigenvalue weighted by molar-refractivity contribution is 5.82. The number of ether oxygens (including phenoxy) is 1. The maximum atomic E-state index is 10.8. The van der Waals surface area contributed by atoms with Crippen LogP contribution in [0.25, 0.3) is 0 Å². The van der Waals surface area contributed by atoms with Crippen LogP contribution in [0.2, 0.25) is 0 Å².